The van der Waals surface area contributed by atoms with Crippen LogP contribution in [0.1, 0.15) is 19.4 Å². The third-order valence-electron chi connectivity index (χ3n) is 4.81. The highest BCUT2D eigenvalue weighted by Gasteiger charge is 2.20. The van der Waals surface area contributed by atoms with E-state index in [4.69, 9.17) is 0 Å². The first-order chi connectivity index (χ1) is 12.9. The predicted octanol–water partition coefficient (Wildman–Crippen LogP) is 4.35. The van der Waals surface area contributed by atoms with Crippen LogP contribution in [-0.2, 0) is 9.84 Å². The molecule has 0 aliphatic heterocycles. The molecule has 7 heteroatoms. The summed E-state index contributed by atoms with van der Waals surface area (Å²) in [7, 11) is -3.36. The lowest BCUT2D eigenvalue weighted by molar-refractivity contribution is 0.587. The molecule has 0 saturated heterocycles. The van der Waals surface area contributed by atoms with E-state index in [0.29, 0.717) is 4.90 Å². The van der Waals surface area contributed by atoms with Gasteiger partial charge in [-0.1, -0.05) is 0 Å². The van der Waals surface area contributed by atoms with E-state index >= 15 is 0 Å². The summed E-state index contributed by atoms with van der Waals surface area (Å²) >= 11 is 0. The SMILES string of the molecule is Cc1c(Nc2ccnc3ccc(S(=O)(=O)C(C)C)cc23)ccc2cn[nH]c12. The van der Waals surface area contributed by atoms with E-state index in [0.717, 1.165) is 38.7 Å². The maximum Gasteiger partial charge on any atom is 0.180 e. The largest absolute Gasteiger partial charge is 0.355 e. The van der Waals surface area contributed by atoms with Crippen molar-refractivity contribution in [2.75, 3.05) is 5.32 Å². The van der Waals surface area contributed by atoms with Gasteiger partial charge in [0.15, 0.2) is 9.84 Å². The minimum absolute atomic E-state index is 0.307. The van der Waals surface area contributed by atoms with Gasteiger partial charge in [-0.25, -0.2) is 8.42 Å². The molecule has 4 aromatic rings. The fraction of sp³-hybridized carbons (Fsp3) is 0.200. The van der Waals surface area contributed by atoms with Gasteiger partial charge in [0, 0.05) is 28.3 Å². The Balaban J connectivity index is 1.84. The van der Waals surface area contributed by atoms with Gasteiger partial charge in [-0.2, -0.15) is 5.10 Å². The fourth-order valence-electron chi connectivity index (χ4n) is 3.12. The molecule has 2 aromatic carbocycles. The lowest BCUT2D eigenvalue weighted by Gasteiger charge is -2.14. The summed E-state index contributed by atoms with van der Waals surface area (Å²) in [4.78, 5) is 4.67. The van der Waals surface area contributed by atoms with Gasteiger partial charge in [0.05, 0.1) is 27.4 Å². The fourth-order valence-corrected chi connectivity index (χ4v) is 4.20. The summed E-state index contributed by atoms with van der Waals surface area (Å²) in [5, 5.41) is 11.9. The van der Waals surface area contributed by atoms with Crippen LogP contribution in [0.15, 0.2) is 53.7 Å². The first-order valence-corrected chi connectivity index (χ1v) is 10.2. The average molecular weight is 380 g/mol. The molecular formula is C20H20N4O2S. The van der Waals surface area contributed by atoms with Gasteiger partial charge >= 0.3 is 0 Å². The van der Waals surface area contributed by atoms with Crippen LogP contribution < -0.4 is 5.32 Å². The summed E-state index contributed by atoms with van der Waals surface area (Å²) in [5.41, 5.74) is 4.49. The summed E-state index contributed by atoms with van der Waals surface area (Å²) in [6.45, 7) is 5.39. The second-order valence-corrected chi connectivity index (χ2v) is 9.33. The van der Waals surface area contributed by atoms with Crippen molar-refractivity contribution in [3.63, 3.8) is 0 Å². The predicted molar refractivity (Wildman–Crippen MR) is 108 cm³/mol. The molecule has 0 unspecified atom stereocenters. The van der Waals surface area contributed by atoms with E-state index in [9.17, 15) is 8.42 Å². The Morgan fingerprint density at radius 1 is 1.07 bits per heavy atom. The van der Waals surface area contributed by atoms with Crippen molar-refractivity contribution in [2.45, 2.75) is 30.9 Å². The van der Waals surface area contributed by atoms with Crippen LogP contribution in [0.3, 0.4) is 0 Å². The molecule has 0 radical (unpaired) electrons. The first-order valence-electron chi connectivity index (χ1n) is 8.70. The van der Waals surface area contributed by atoms with E-state index in [1.165, 1.54) is 0 Å². The highest BCUT2D eigenvalue weighted by atomic mass is 32.2. The van der Waals surface area contributed by atoms with E-state index in [1.807, 2.05) is 25.1 Å². The molecule has 6 nitrogen and oxygen atoms in total. The van der Waals surface area contributed by atoms with Crippen LogP contribution in [0, 0.1) is 6.92 Å². The molecule has 0 aliphatic rings. The molecule has 0 amide bonds. The number of hydrogen-bond acceptors (Lipinski definition) is 5. The normalized spacial score (nSPS) is 12.1. The van der Waals surface area contributed by atoms with Crippen molar-refractivity contribution in [3.8, 4) is 0 Å². The van der Waals surface area contributed by atoms with Crippen molar-refractivity contribution in [2.24, 2.45) is 0 Å². The van der Waals surface area contributed by atoms with Gasteiger partial charge in [0.1, 0.15) is 0 Å². The summed E-state index contributed by atoms with van der Waals surface area (Å²) in [5.74, 6) is 0. The maximum atomic E-state index is 12.6. The van der Waals surface area contributed by atoms with Crippen LogP contribution in [0.25, 0.3) is 21.8 Å². The van der Waals surface area contributed by atoms with Crippen LogP contribution in [-0.4, -0.2) is 28.8 Å². The number of nitrogens with zero attached hydrogens (tertiary/aromatic N) is 2. The van der Waals surface area contributed by atoms with Crippen LogP contribution >= 0.6 is 0 Å². The van der Waals surface area contributed by atoms with Crippen molar-refractivity contribution >= 4 is 43.0 Å². The number of aromatic amines is 1. The van der Waals surface area contributed by atoms with E-state index in [1.54, 1.807) is 44.4 Å². The highest BCUT2D eigenvalue weighted by Crippen LogP contribution is 2.31. The second-order valence-electron chi connectivity index (χ2n) is 6.83. The number of rotatable bonds is 4. The number of nitrogens with one attached hydrogen (secondary N) is 2. The minimum Gasteiger partial charge on any atom is -0.355 e. The molecule has 0 fully saturated rings. The molecular weight excluding hydrogens is 360 g/mol. The lowest BCUT2D eigenvalue weighted by atomic mass is 10.1. The van der Waals surface area contributed by atoms with Crippen LogP contribution in [0.2, 0.25) is 0 Å². The third kappa shape index (κ3) is 2.94. The number of aryl methyl sites for hydroxylation is 1. The van der Waals surface area contributed by atoms with Crippen molar-refractivity contribution in [3.05, 3.63) is 54.4 Å². The van der Waals surface area contributed by atoms with E-state index in [2.05, 4.69) is 20.5 Å². The van der Waals surface area contributed by atoms with Crippen molar-refractivity contribution in [1.82, 2.24) is 15.2 Å². The Labute approximate surface area is 157 Å². The molecule has 0 spiro atoms. The zero-order chi connectivity index (χ0) is 19.2. The summed E-state index contributed by atoms with van der Waals surface area (Å²) in [6, 6.07) is 10.9. The number of benzene rings is 2. The zero-order valence-electron chi connectivity index (χ0n) is 15.3. The van der Waals surface area contributed by atoms with E-state index < -0.39 is 15.1 Å². The maximum absolute atomic E-state index is 12.6. The van der Waals surface area contributed by atoms with Crippen LogP contribution in [0.5, 0.6) is 0 Å². The zero-order valence-corrected chi connectivity index (χ0v) is 16.1. The summed E-state index contributed by atoms with van der Waals surface area (Å²) < 4.78 is 25.1. The molecule has 2 aromatic heterocycles. The van der Waals surface area contributed by atoms with Gasteiger partial charge in [0.25, 0.3) is 0 Å². The Hall–Kier alpha value is -2.93. The Bertz CT molecular complexity index is 1260. The quantitative estimate of drug-likeness (QED) is 0.550. The summed E-state index contributed by atoms with van der Waals surface area (Å²) in [6.07, 6.45) is 3.50. The molecule has 2 heterocycles. The molecule has 2 N–H and O–H groups in total. The lowest BCUT2D eigenvalue weighted by Crippen LogP contribution is -2.13. The number of H-pyrrole nitrogens is 1. The standard InChI is InChI=1S/C20H20N4O2S/c1-12(2)27(25,26)15-5-7-18-16(10-15)19(8-9-21-18)23-17-6-4-14-11-22-24-20(14)13(17)3/h4-12H,1-3H3,(H,21,23)(H,22,24). The van der Waals surface area contributed by atoms with Gasteiger partial charge in [-0.3, -0.25) is 10.1 Å². The minimum atomic E-state index is -3.36. The van der Waals surface area contributed by atoms with E-state index in [-0.39, 0.29) is 0 Å². The number of anilines is 2. The van der Waals surface area contributed by atoms with Gasteiger partial charge < -0.3 is 5.32 Å². The van der Waals surface area contributed by atoms with Crippen molar-refractivity contribution in [1.29, 1.82) is 0 Å². The average Bonchev–Trinajstić information content (AvgIpc) is 3.13. The highest BCUT2D eigenvalue weighted by molar-refractivity contribution is 7.92. The third-order valence-corrected chi connectivity index (χ3v) is 6.96. The Kier molecular flexibility index (Phi) is 4.11. The number of pyridine rings is 1. The van der Waals surface area contributed by atoms with Gasteiger partial charge in [-0.05, 0) is 62.7 Å². The second kappa shape index (κ2) is 6.35. The molecule has 0 bridgehead atoms. The smallest absolute Gasteiger partial charge is 0.180 e. The molecule has 0 aliphatic carbocycles. The topological polar surface area (TPSA) is 87.7 Å². The van der Waals surface area contributed by atoms with Gasteiger partial charge in [-0.15, -0.1) is 0 Å². The first kappa shape index (κ1) is 17.5. The molecule has 138 valence electrons. The molecule has 4 rings (SSSR count). The van der Waals surface area contributed by atoms with Gasteiger partial charge in [0.2, 0.25) is 0 Å². The van der Waals surface area contributed by atoms with Crippen molar-refractivity contribution < 1.29 is 8.42 Å². The number of sulfone groups is 1. The molecule has 27 heavy (non-hydrogen) atoms. The molecule has 0 saturated carbocycles. The number of aromatic nitrogens is 3. The number of fused-ring (bicyclic) bond motifs is 2. The Morgan fingerprint density at radius 3 is 2.67 bits per heavy atom. The number of hydrogen-bond donors (Lipinski definition) is 2. The molecule has 0 atom stereocenters. The monoisotopic (exact) mass is 380 g/mol. The Morgan fingerprint density at radius 2 is 1.89 bits per heavy atom. The van der Waals surface area contributed by atoms with Crippen LogP contribution in [0.4, 0.5) is 11.4 Å².